The highest BCUT2D eigenvalue weighted by molar-refractivity contribution is 7.90. The van der Waals surface area contributed by atoms with Crippen molar-refractivity contribution in [2.75, 3.05) is 63.9 Å². The molecule has 0 radical (unpaired) electrons. The van der Waals surface area contributed by atoms with E-state index in [-0.39, 0.29) is 35.2 Å². The molecule has 3 heterocycles. The molecule has 11 nitrogen and oxygen atoms in total. The van der Waals surface area contributed by atoms with Gasteiger partial charge in [0, 0.05) is 68.4 Å². The molecule has 7 rings (SSSR count). The lowest BCUT2D eigenvalue weighted by Crippen LogP contribution is -2.59. The highest BCUT2D eigenvalue weighted by atomic mass is 35.5. The molecule has 13 heteroatoms. The number of sulfonamides is 1. The van der Waals surface area contributed by atoms with Crippen LogP contribution in [0.15, 0.2) is 36.4 Å². The zero-order valence-corrected chi connectivity index (χ0v) is 32.6. The van der Waals surface area contributed by atoms with Crippen molar-refractivity contribution in [3.63, 3.8) is 0 Å². The number of aliphatic hydroxyl groups is 1. The molecule has 5 aliphatic rings. The predicted molar refractivity (Wildman–Crippen MR) is 205 cm³/mol. The second-order valence-corrected chi connectivity index (χ2v) is 19.1. The number of ether oxygens (including phenoxy) is 1. The summed E-state index contributed by atoms with van der Waals surface area (Å²) < 4.78 is 36.1. The van der Waals surface area contributed by atoms with Gasteiger partial charge in [-0.05, 0) is 111 Å². The van der Waals surface area contributed by atoms with Crippen molar-refractivity contribution in [2.24, 2.45) is 17.8 Å². The van der Waals surface area contributed by atoms with E-state index in [9.17, 15) is 28.2 Å². The molecule has 3 N–H and O–H groups in total. The molecule has 2 aromatic carbocycles. The second-order valence-electron chi connectivity index (χ2n) is 16.6. The number of fused-ring (bicyclic) bond motifs is 4. The summed E-state index contributed by atoms with van der Waals surface area (Å²) in [6.45, 7) is 9.46. The van der Waals surface area contributed by atoms with Gasteiger partial charge in [0.1, 0.15) is 5.75 Å². The Morgan fingerprint density at radius 1 is 1.02 bits per heavy atom. The van der Waals surface area contributed by atoms with E-state index in [1.165, 1.54) is 11.1 Å². The van der Waals surface area contributed by atoms with Gasteiger partial charge in [0.15, 0.2) is 0 Å². The van der Waals surface area contributed by atoms with E-state index < -0.39 is 32.8 Å². The van der Waals surface area contributed by atoms with Crippen LogP contribution in [-0.2, 0) is 26.7 Å². The van der Waals surface area contributed by atoms with Gasteiger partial charge in [0.05, 0.1) is 29.6 Å². The Bertz CT molecular complexity index is 1800. The molecule has 53 heavy (non-hydrogen) atoms. The molecule has 1 saturated heterocycles. The monoisotopic (exact) mass is 770 g/mol. The van der Waals surface area contributed by atoms with Crippen molar-refractivity contribution in [1.29, 1.82) is 0 Å². The molecule has 2 fully saturated rings. The largest absolute Gasteiger partial charge is 0.490 e. The fourth-order valence-corrected chi connectivity index (χ4v) is 11.3. The molecule has 2 aliphatic carbocycles. The molecule has 0 aromatic heterocycles. The molecule has 2 aromatic rings. The molecular weight excluding hydrogens is 716 g/mol. The fraction of sp³-hybridized carbons (Fsp3) is 0.650. The van der Waals surface area contributed by atoms with Crippen molar-refractivity contribution in [3.05, 3.63) is 58.1 Å². The predicted octanol–water partition coefficient (Wildman–Crippen LogP) is 4.93. The van der Waals surface area contributed by atoms with Gasteiger partial charge in [-0.15, -0.1) is 0 Å². The van der Waals surface area contributed by atoms with E-state index in [1.54, 1.807) is 25.1 Å². The molecule has 6 atom stereocenters. The van der Waals surface area contributed by atoms with Gasteiger partial charge in [-0.1, -0.05) is 31.0 Å². The number of benzene rings is 2. The van der Waals surface area contributed by atoms with E-state index >= 15 is 0 Å². The number of aliphatic carboxylic acids is 1. The number of carbonyl (C=O) groups is 2. The number of carboxylic acids is 1. The highest BCUT2D eigenvalue weighted by Gasteiger charge is 2.49. The lowest BCUT2D eigenvalue weighted by atomic mass is 9.62. The summed E-state index contributed by atoms with van der Waals surface area (Å²) in [6.07, 6.45) is 6.72. The molecule has 1 saturated carbocycles. The number of anilines is 1. The third kappa shape index (κ3) is 8.08. The van der Waals surface area contributed by atoms with Crippen molar-refractivity contribution < 1.29 is 33.0 Å². The summed E-state index contributed by atoms with van der Waals surface area (Å²) in [7, 11) is -3.98. The number of nitrogens with one attached hydrogen (secondary N) is 1. The Kier molecular flexibility index (Phi) is 11.1. The van der Waals surface area contributed by atoms with Crippen LogP contribution in [0.1, 0.15) is 86.7 Å². The zero-order chi connectivity index (χ0) is 37.5. The lowest BCUT2D eigenvalue weighted by Gasteiger charge is -2.52. The SMILES string of the molecule is C[C@@H]1[C@@H](C)CCC[C@@](O)(CN2CCN(CCC(=O)O)CC2)[C@@H]2CC[C@H]2CN2C[C@@]3(CCCc4cc(Cl)ccc43)COc3ccc(cc32)C(=O)NS1(=O)=O. The van der Waals surface area contributed by atoms with Gasteiger partial charge in [0.25, 0.3) is 5.91 Å². The number of hydrogen-bond donors (Lipinski definition) is 3. The number of nitrogens with zero attached hydrogens (tertiary/aromatic N) is 3. The van der Waals surface area contributed by atoms with Gasteiger partial charge in [-0.3, -0.25) is 14.5 Å². The van der Waals surface area contributed by atoms with Crippen LogP contribution in [0.2, 0.25) is 5.02 Å². The van der Waals surface area contributed by atoms with E-state index in [0.29, 0.717) is 57.8 Å². The number of carbonyl (C=O) groups excluding carboxylic acids is 1. The van der Waals surface area contributed by atoms with Crippen LogP contribution in [0, 0.1) is 17.8 Å². The molecule has 1 spiro atoms. The first kappa shape index (κ1) is 38.4. The summed E-state index contributed by atoms with van der Waals surface area (Å²) in [6, 6.07) is 11.4. The summed E-state index contributed by atoms with van der Waals surface area (Å²) >= 11 is 6.47. The number of amides is 1. The summed E-state index contributed by atoms with van der Waals surface area (Å²) in [5.74, 6) is -0.750. The van der Waals surface area contributed by atoms with Gasteiger partial charge in [0.2, 0.25) is 10.0 Å². The summed E-state index contributed by atoms with van der Waals surface area (Å²) in [4.78, 5) is 31.6. The van der Waals surface area contributed by atoms with Gasteiger partial charge in [-0.2, -0.15) is 0 Å². The number of aryl methyl sites for hydroxylation is 1. The number of hydrogen-bond acceptors (Lipinski definition) is 9. The minimum atomic E-state index is -3.98. The maximum atomic E-state index is 13.6. The first-order valence-corrected chi connectivity index (χ1v) is 21.4. The van der Waals surface area contributed by atoms with E-state index in [0.717, 1.165) is 69.0 Å². The maximum absolute atomic E-state index is 13.6. The summed E-state index contributed by atoms with van der Waals surface area (Å²) in [5.41, 5.74) is 2.23. The first-order valence-electron chi connectivity index (χ1n) is 19.5. The van der Waals surface area contributed by atoms with Crippen molar-refractivity contribution >= 4 is 39.2 Å². The number of rotatable bonds is 5. The Labute approximate surface area is 319 Å². The van der Waals surface area contributed by atoms with Crippen LogP contribution in [-0.4, -0.2) is 110 Å². The average Bonchev–Trinajstić information content (AvgIpc) is 3.25. The fourth-order valence-electron chi connectivity index (χ4n) is 9.78. The number of β-amino-alcohol motifs (C(OH)–C–C–N with tert-alkyl or cyclic N) is 1. The maximum Gasteiger partial charge on any atom is 0.304 e. The minimum absolute atomic E-state index is 0.0457. The Morgan fingerprint density at radius 2 is 1.79 bits per heavy atom. The van der Waals surface area contributed by atoms with E-state index in [2.05, 4.69) is 31.6 Å². The van der Waals surface area contributed by atoms with Crippen molar-refractivity contribution in [2.45, 2.75) is 87.9 Å². The topological polar surface area (TPSA) is 140 Å². The molecule has 1 amide bonds. The second kappa shape index (κ2) is 15.3. The van der Waals surface area contributed by atoms with Crippen LogP contribution in [0.3, 0.4) is 0 Å². The van der Waals surface area contributed by atoms with Crippen LogP contribution < -0.4 is 14.4 Å². The van der Waals surface area contributed by atoms with Crippen LogP contribution in [0.4, 0.5) is 5.69 Å². The van der Waals surface area contributed by atoms with Crippen LogP contribution >= 0.6 is 11.6 Å². The molecular formula is C40H55ClN4O7S. The van der Waals surface area contributed by atoms with Crippen molar-refractivity contribution in [3.8, 4) is 5.75 Å². The van der Waals surface area contributed by atoms with Crippen molar-refractivity contribution in [1.82, 2.24) is 14.5 Å². The van der Waals surface area contributed by atoms with E-state index in [4.69, 9.17) is 16.3 Å². The smallest absolute Gasteiger partial charge is 0.304 e. The van der Waals surface area contributed by atoms with Crippen LogP contribution in [0.5, 0.6) is 5.75 Å². The Balaban J connectivity index is 1.23. The normalized spacial score (nSPS) is 32.4. The Hall–Kier alpha value is -2.90. The summed E-state index contributed by atoms with van der Waals surface area (Å²) in [5, 5.41) is 21.9. The van der Waals surface area contributed by atoms with Gasteiger partial charge in [-0.25, -0.2) is 13.1 Å². The zero-order valence-electron chi connectivity index (χ0n) is 31.1. The molecule has 3 aliphatic heterocycles. The third-order valence-electron chi connectivity index (χ3n) is 13.3. The highest BCUT2D eigenvalue weighted by Crippen LogP contribution is 2.49. The van der Waals surface area contributed by atoms with Gasteiger partial charge < -0.3 is 24.7 Å². The minimum Gasteiger partial charge on any atom is -0.490 e. The average molecular weight is 771 g/mol. The molecule has 2 bridgehead atoms. The number of carboxylic acid groups (broad SMARTS) is 1. The number of halogens is 1. The van der Waals surface area contributed by atoms with Crippen LogP contribution in [0.25, 0.3) is 0 Å². The Morgan fingerprint density at radius 3 is 2.53 bits per heavy atom. The number of piperazine rings is 1. The standard InChI is InChI=1S/C40H55ClN4O7S/c1-27-5-3-15-40(49,25-44-19-17-43(18-20-44)16-13-37(46)47)34-10-7-31(34)23-45-24-39(14-4-6-29-21-32(41)9-11-33(29)39)26-52-36-12-8-30(22-35(36)45)38(48)42-53(50,51)28(27)2/h8-9,11-12,21-22,27-28,31,34,49H,3-7,10,13-20,23-26H2,1-2H3,(H,42,48)(H,46,47)/t27-,28+,31-,34+,39-,40+/m0/s1. The molecule has 290 valence electrons. The lowest BCUT2D eigenvalue weighted by molar-refractivity contribution is -0.137. The third-order valence-corrected chi connectivity index (χ3v) is 15.4. The van der Waals surface area contributed by atoms with E-state index in [1.807, 2.05) is 13.0 Å². The first-order chi connectivity index (χ1) is 25.2. The molecule has 0 unspecified atom stereocenters. The quantitative estimate of drug-likeness (QED) is 0.384. The van der Waals surface area contributed by atoms with Gasteiger partial charge >= 0.3 is 5.97 Å².